The molecule has 0 atom stereocenters. The van der Waals surface area contributed by atoms with Crippen LogP contribution in [0.4, 0.5) is 0 Å². The lowest BCUT2D eigenvalue weighted by Crippen LogP contribution is -2.43. The largest absolute Gasteiger partial charge is 0.389 e. The molecule has 3 rings (SSSR count). The van der Waals surface area contributed by atoms with Crippen LogP contribution in [0.25, 0.3) is 0 Å². The molecule has 1 saturated heterocycles. The number of carbonyl (C=O) groups excluding carboxylic acids is 2. The summed E-state index contributed by atoms with van der Waals surface area (Å²) in [6, 6.07) is 8.11. The highest BCUT2D eigenvalue weighted by Crippen LogP contribution is 2.20. The Labute approximate surface area is 156 Å². The van der Waals surface area contributed by atoms with Crippen LogP contribution in [-0.2, 0) is 17.9 Å². The first-order valence-electron chi connectivity index (χ1n) is 8.74. The van der Waals surface area contributed by atoms with E-state index in [4.69, 9.17) is 5.11 Å². The molecule has 0 spiro atoms. The van der Waals surface area contributed by atoms with Gasteiger partial charge in [0.05, 0.1) is 6.61 Å². The summed E-state index contributed by atoms with van der Waals surface area (Å²) >= 11 is 1.28. The number of aliphatic hydroxyl groups excluding tert-OH is 1. The zero-order chi connectivity index (χ0) is 18.5. The fraction of sp³-hybridized carbons (Fsp3) is 0.421. The van der Waals surface area contributed by atoms with E-state index in [0.29, 0.717) is 43.2 Å². The number of piperidine rings is 1. The Bertz CT molecular complexity index is 765. The second-order valence-electron chi connectivity index (χ2n) is 6.55. The number of aromatic nitrogens is 1. The highest BCUT2D eigenvalue weighted by molar-refractivity contribution is 7.09. The van der Waals surface area contributed by atoms with Crippen LogP contribution >= 0.6 is 11.3 Å². The van der Waals surface area contributed by atoms with Gasteiger partial charge in [0.25, 0.3) is 5.91 Å². The van der Waals surface area contributed by atoms with E-state index in [2.05, 4.69) is 10.3 Å². The van der Waals surface area contributed by atoms with Gasteiger partial charge in [0.15, 0.2) is 0 Å². The number of hydrogen-bond acceptors (Lipinski definition) is 5. The Balaban J connectivity index is 1.47. The third-order valence-electron chi connectivity index (χ3n) is 4.65. The topological polar surface area (TPSA) is 82.5 Å². The summed E-state index contributed by atoms with van der Waals surface area (Å²) in [6.07, 6.45) is 1.31. The normalized spacial score (nSPS) is 15.1. The predicted octanol–water partition coefficient (Wildman–Crippen LogP) is 2.11. The summed E-state index contributed by atoms with van der Waals surface area (Å²) < 4.78 is 0. The maximum Gasteiger partial charge on any atom is 0.273 e. The van der Waals surface area contributed by atoms with E-state index in [9.17, 15) is 9.59 Å². The first kappa shape index (κ1) is 18.5. The van der Waals surface area contributed by atoms with Gasteiger partial charge in [-0.05, 0) is 25.3 Å². The first-order valence-corrected chi connectivity index (χ1v) is 9.62. The highest BCUT2D eigenvalue weighted by Gasteiger charge is 2.28. The van der Waals surface area contributed by atoms with Gasteiger partial charge >= 0.3 is 0 Å². The Morgan fingerprint density at radius 2 is 1.96 bits per heavy atom. The molecule has 1 aliphatic rings. The van der Waals surface area contributed by atoms with Crippen molar-refractivity contribution in [2.24, 2.45) is 5.92 Å². The minimum Gasteiger partial charge on any atom is -0.389 e. The molecule has 2 amide bonds. The zero-order valence-electron chi connectivity index (χ0n) is 14.8. The molecule has 0 unspecified atom stereocenters. The number of hydrogen-bond donors (Lipinski definition) is 2. The van der Waals surface area contributed by atoms with Crippen LogP contribution in [0.5, 0.6) is 0 Å². The van der Waals surface area contributed by atoms with Crippen LogP contribution in [0.15, 0.2) is 29.6 Å². The van der Waals surface area contributed by atoms with Crippen molar-refractivity contribution in [2.75, 3.05) is 13.1 Å². The molecule has 138 valence electrons. The van der Waals surface area contributed by atoms with Crippen molar-refractivity contribution in [1.82, 2.24) is 15.2 Å². The highest BCUT2D eigenvalue weighted by atomic mass is 32.1. The molecule has 1 aromatic heterocycles. The van der Waals surface area contributed by atoms with Crippen LogP contribution in [-0.4, -0.2) is 39.9 Å². The van der Waals surface area contributed by atoms with Crippen LogP contribution in [0.1, 0.15) is 39.5 Å². The molecule has 0 aliphatic carbocycles. The number of rotatable bonds is 5. The lowest BCUT2D eigenvalue weighted by Gasteiger charge is -2.31. The third-order valence-corrected chi connectivity index (χ3v) is 5.48. The predicted molar refractivity (Wildman–Crippen MR) is 99.7 cm³/mol. The zero-order valence-corrected chi connectivity index (χ0v) is 15.6. The lowest BCUT2D eigenvalue weighted by molar-refractivity contribution is -0.126. The second kappa shape index (κ2) is 8.42. The molecular weight excluding hydrogens is 350 g/mol. The number of aliphatic hydroxyl groups is 1. The number of aryl methyl sites for hydroxylation is 1. The molecule has 2 heterocycles. The van der Waals surface area contributed by atoms with Gasteiger partial charge in [-0.25, -0.2) is 4.98 Å². The Kier molecular flexibility index (Phi) is 6.00. The maximum atomic E-state index is 12.4. The number of amides is 2. The number of nitrogens with zero attached hydrogens (tertiary/aromatic N) is 2. The molecule has 26 heavy (non-hydrogen) atoms. The van der Waals surface area contributed by atoms with Crippen molar-refractivity contribution in [3.63, 3.8) is 0 Å². The molecule has 0 bridgehead atoms. The van der Waals surface area contributed by atoms with Crippen molar-refractivity contribution in [1.29, 1.82) is 0 Å². The number of benzene rings is 1. The van der Waals surface area contributed by atoms with Gasteiger partial charge in [0.1, 0.15) is 10.7 Å². The summed E-state index contributed by atoms with van der Waals surface area (Å²) in [5.41, 5.74) is 2.66. The van der Waals surface area contributed by atoms with Gasteiger partial charge < -0.3 is 15.3 Å². The molecule has 0 radical (unpaired) electrons. The third kappa shape index (κ3) is 4.47. The fourth-order valence-electron chi connectivity index (χ4n) is 3.03. The van der Waals surface area contributed by atoms with E-state index in [1.807, 2.05) is 31.2 Å². The minimum absolute atomic E-state index is 0.0499. The first-order chi connectivity index (χ1) is 12.6. The van der Waals surface area contributed by atoms with Crippen molar-refractivity contribution in [2.45, 2.75) is 32.9 Å². The number of carbonyl (C=O) groups is 2. The molecule has 1 aliphatic heterocycles. The Morgan fingerprint density at radius 1 is 1.27 bits per heavy atom. The number of nitrogens with one attached hydrogen (secondary N) is 1. The van der Waals surface area contributed by atoms with Crippen molar-refractivity contribution < 1.29 is 14.7 Å². The SMILES string of the molecule is Cc1ccc(CNC(=O)C2CCN(C(=O)c3csc(CO)n3)CC2)cc1. The summed E-state index contributed by atoms with van der Waals surface area (Å²) in [5.74, 6) is -0.138. The van der Waals surface area contributed by atoms with E-state index in [1.165, 1.54) is 16.9 Å². The summed E-state index contributed by atoms with van der Waals surface area (Å²) in [5, 5.41) is 14.3. The molecule has 1 aromatic carbocycles. The quantitative estimate of drug-likeness (QED) is 0.841. The number of thiazole rings is 1. The van der Waals surface area contributed by atoms with Crippen LogP contribution in [0, 0.1) is 12.8 Å². The number of likely N-dealkylation sites (tertiary alicyclic amines) is 1. The Hall–Kier alpha value is -2.25. The fourth-order valence-corrected chi connectivity index (χ4v) is 3.65. The standard InChI is InChI=1S/C19H23N3O3S/c1-13-2-4-14(5-3-13)10-20-18(24)15-6-8-22(9-7-15)19(25)16-12-26-17(11-23)21-16/h2-5,12,15,23H,6-11H2,1H3,(H,20,24). The van der Waals surface area contributed by atoms with E-state index in [-0.39, 0.29) is 24.3 Å². The van der Waals surface area contributed by atoms with Crippen molar-refractivity contribution >= 4 is 23.2 Å². The van der Waals surface area contributed by atoms with E-state index >= 15 is 0 Å². The smallest absolute Gasteiger partial charge is 0.273 e. The van der Waals surface area contributed by atoms with Crippen LogP contribution < -0.4 is 5.32 Å². The van der Waals surface area contributed by atoms with Crippen LogP contribution in [0.2, 0.25) is 0 Å². The summed E-state index contributed by atoms with van der Waals surface area (Å²) in [4.78, 5) is 30.7. The van der Waals surface area contributed by atoms with Gasteiger partial charge in [-0.1, -0.05) is 29.8 Å². The Morgan fingerprint density at radius 3 is 2.58 bits per heavy atom. The minimum atomic E-state index is -0.152. The van der Waals surface area contributed by atoms with Gasteiger partial charge in [-0.15, -0.1) is 11.3 Å². The lowest BCUT2D eigenvalue weighted by atomic mass is 9.95. The average Bonchev–Trinajstić information content (AvgIpc) is 3.16. The van der Waals surface area contributed by atoms with Gasteiger partial charge in [-0.3, -0.25) is 9.59 Å². The van der Waals surface area contributed by atoms with Gasteiger partial charge in [-0.2, -0.15) is 0 Å². The van der Waals surface area contributed by atoms with Crippen LogP contribution in [0.3, 0.4) is 0 Å². The summed E-state index contributed by atoms with van der Waals surface area (Å²) in [7, 11) is 0. The molecule has 1 fully saturated rings. The molecule has 7 heteroatoms. The maximum absolute atomic E-state index is 12.4. The molecule has 6 nitrogen and oxygen atoms in total. The second-order valence-corrected chi connectivity index (χ2v) is 7.50. The molecule has 2 N–H and O–H groups in total. The van der Waals surface area contributed by atoms with Crippen molar-refractivity contribution in [3.8, 4) is 0 Å². The van der Waals surface area contributed by atoms with Gasteiger partial charge in [0.2, 0.25) is 5.91 Å². The summed E-state index contributed by atoms with van der Waals surface area (Å²) in [6.45, 7) is 3.51. The van der Waals surface area contributed by atoms with Crippen molar-refractivity contribution in [3.05, 3.63) is 51.5 Å². The average molecular weight is 373 g/mol. The molecular formula is C19H23N3O3S. The molecule has 2 aromatic rings. The monoisotopic (exact) mass is 373 g/mol. The molecule has 0 saturated carbocycles. The van der Waals surface area contributed by atoms with Gasteiger partial charge in [0, 0.05) is 30.9 Å². The van der Waals surface area contributed by atoms with E-state index in [1.54, 1.807) is 10.3 Å². The van der Waals surface area contributed by atoms with E-state index in [0.717, 1.165) is 5.56 Å². The van der Waals surface area contributed by atoms with E-state index < -0.39 is 0 Å².